The molecule has 0 radical (unpaired) electrons. The third-order valence-corrected chi connectivity index (χ3v) is 4.08. The molecule has 2 aromatic carbocycles. The van der Waals surface area contributed by atoms with Gasteiger partial charge in [-0.25, -0.2) is 4.79 Å². The lowest BCUT2D eigenvalue weighted by Gasteiger charge is -2.34. The Morgan fingerprint density at radius 1 is 1.12 bits per heavy atom. The van der Waals surface area contributed by atoms with Gasteiger partial charge in [0, 0.05) is 31.3 Å². The summed E-state index contributed by atoms with van der Waals surface area (Å²) in [7, 11) is 1.81. The van der Waals surface area contributed by atoms with Crippen molar-refractivity contribution in [2.75, 3.05) is 26.8 Å². The van der Waals surface area contributed by atoms with Crippen LogP contribution in [0.15, 0.2) is 48.5 Å². The molecule has 0 fully saturated rings. The maximum atomic E-state index is 12.5. The standard InChI is InChI=1S/C19H22N2O3/c1-3-23-13-12-20-19(22)21(2)18-14-8-4-6-10-16(14)24-17-11-7-5-9-15(17)18/h4-11,18H,3,12-13H2,1-2H3,(H,20,22). The Kier molecular flexibility index (Phi) is 5.01. The number of nitrogens with one attached hydrogen (secondary N) is 1. The molecule has 126 valence electrons. The summed E-state index contributed by atoms with van der Waals surface area (Å²) in [5.41, 5.74) is 1.97. The second kappa shape index (κ2) is 7.36. The van der Waals surface area contributed by atoms with Crippen molar-refractivity contribution in [2.24, 2.45) is 0 Å². The normalized spacial score (nSPS) is 12.8. The Morgan fingerprint density at radius 2 is 1.71 bits per heavy atom. The van der Waals surface area contributed by atoms with Gasteiger partial charge in [-0.1, -0.05) is 36.4 Å². The Labute approximate surface area is 142 Å². The van der Waals surface area contributed by atoms with Crippen LogP contribution >= 0.6 is 0 Å². The smallest absolute Gasteiger partial charge is 0.318 e. The number of carbonyl (C=O) groups is 1. The molecular weight excluding hydrogens is 304 g/mol. The minimum atomic E-state index is -0.182. The molecule has 3 rings (SSSR count). The highest BCUT2D eigenvalue weighted by atomic mass is 16.5. The number of ether oxygens (including phenoxy) is 2. The third kappa shape index (κ3) is 3.21. The number of amides is 2. The number of rotatable bonds is 5. The van der Waals surface area contributed by atoms with E-state index in [1.807, 2.05) is 55.5 Å². The molecule has 2 amide bonds. The van der Waals surface area contributed by atoms with Crippen molar-refractivity contribution in [1.29, 1.82) is 0 Å². The Hall–Kier alpha value is -2.53. The van der Waals surface area contributed by atoms with Crippen LogP contribution in [-0.4, -0.2) is 37.7 Å². The lowest BCUT2D eigenvalue weighted by atomic mass is 9.93. The predicted octanol–water partition coefficient (Wildman–Crippen LogP) is 3.56. The number of hydrogen-bond acceptors (Lipinski definition) is 3. The van der Waals surface area contributed by atoms with Crippen molar-refractivity contribution in [2.45, 2.75) is 13.0 Å². The zero-order chi connectivity index (χ0) is 16.9. The maximum Gasteiger partial charge on any atom is 0.318 e. The number of carbonyl (C=O) groups excluding carboxylic acids is 1. The average molecular weight is 326 g/mol. The van der Waals surface area contributed by atoms with Crippen molar-refractivity contribution < 1.29 is 14.3 Å². The van der Waals surface area contributed by atoms with Crippen LogP contribution in [-0.2, 0) is 4.74 Å². The van der Waals surface area contributed by atoms with Crippen LogP contribution < -0.4 is 10.1 Å². The van der Waals surface area contributed by atoms with Crippen molar-refractivity contribution in [3.8, 4) is 11.5 Å². The van der Waals surface area contributed by atoms with Crippen LogP contribution in [0.2, 0.25) is 0 Å². The van der Waals surface area contributed by atoms with E-state index in [0.717, 1.165) is 22.6 Å². The molecule has 0 spiro atoms. The van der Waals surface area contributed by atoms with Gasteiger partial charge in [-0.15, -0.1) is 0 Å². The fraction of sp³-hybridized carbons (Fsp3) is 0.316. The minimum Gasteiger partial charge on any atom is -0.457 e. The summed E-state index contributed by atoms with van der Waals surface area (Å²) in [5.74, 6) is 1.57. The summed E-state index contributed by atoms with van der Waals surface area (Å²) in [5, 5.41) is 2.90. The molecule has 2 aromatic rings. The summed E-state index contributed by atoms with van der Waals surface area (Å²) in [6.45, 7) is 3.58. The zero-order valence-electron chi connectivity index (χ0n) is 14.0. The highest BCUT2D eigenvalue weighted by Gasteiger charge is 2.32. The van der Waals surface area contributed by atoms with Gasteiger partial charge in [-0.05, 0) is 19.1 Å². The van der Waals surface area contributed by atoms with Gasteiger partial charge >= 0.3 is 6.03 Å². The molecule has 0 saturated heterocycles. The molecular formula is C19H22N2O3. The maximum absolute atomic E-state index is 12.5. The highest BCUT2D eigenvalue weighted by Crippen LogP contribution is 2.44. The first-order chi connectivity index (χ1) is 11.7. The van der Waals surface area contributed by atoms with E-state index in [1.54, 1.807) is 11.9 Å². The van der Waals surface area contributed by atoms with Crippen molar-refractivity contribution in [3.05, 3.63) is 59.7 Å². The molecule has 0 bridgehead atoms. The minimum absolute atomic E-state index is 0.133. The second-order valence-corrected chi connectivity index (χ2v) is 5.62. The largest absolute Gasteiger partial charge is 0.457 e. The van der Waals surface area contributed by atoms with Crippen LogP contribution in [0, 0.1) is 0 Å². The van der Waals surface area contributed by atoms with Gasteiger partial charge in [0.1, 0.15) is 11.5 Å². The molecule has 1 aliphatic heterocycles. The average Bonchev–Trinajstić information content (AvgIpc) is 2.62. The first-order valence-electron chi connectivity index (χ1n) is 8.16. The monoisotopic (exact) mass is 326 g/mol. The number of para-hydroxylation sites is 2. The lowest BCUT2D eigenvalue weighted by molar-refractivity contribution is 0.145. The number of fused-ring (bicyclic) bond motifs is 2. The molecule has 5 heteroatoms. The fourth-order valence-electron chi connectivity index (χ4n) is 2.92. The van der Waals surface area contributed by atoms with Crippen LogP contribution in [0.5, 0.6) is 11.5 Å². The molecule has 1 aliphatic rings. The molecule has 24 heavy (non-hydrogen) atoms. The van der Waals surface area contributed by atoms with Gasteiger partial charge in [0.2, 0.25) is 0 Å². The van der Waals surface area contributed by atoms with E-state index in [4.69, 9.17) is 9.47 Å². The Bertz CT molecular complexity index is 672. The molecule has 5 nitrogen and oxygen atoms in total. The Morgan fingerprint density at radius 3 is 2.29 bits per heavy atom. The third-order valence-electron chi connectivity index (χ3n) is 4.08. The van der Waals surface area contributed by atoms with Crippen molar-refractivity contribution >= 4 is 6.03 Å². The van der Waals surface area contributed by atoms with Gasteiger partial charge < -0.3 is 19.7 Å². The summed E-state index contributed by atoms with van der Waals surface area (Å²) >= 11 is 0. The van der Waals surface area contributed by atoms with Gasteiger partial charge in [0.15, 0.2) is 0 Å². The summed E-state index contributed by atoms with van der Waals surface area (Å²) in [4.78, 5) is 14.3. The molecule has 1 N–H and O–H groups in total. The van der Waals surface area contributed by atoms with Crippen molar-refractivity contribution in [1.82, 2.24) is 10.2 Å². The fourth-order valence-corrected chi connectivity index (χ4v) is 2.92. The molecule has 0 saturated carbocycles. The zero-order valence-corrected chi connectivity index (χ0v) is 14.0. The van der Waals surface area contributed by atoms with E-state index in [1.165, 1.54) is 0 Å². The van der Waals surface area contributed by atoms with E-state index in [0.29, 0.717) is 19.8 Å². The molecule has 0 unspecified atom stereocenters. The van der Waals surface area contributed by atoms with E-state index in [9.17, 15) is 4.79 Å². The van der Waals surface area contributed by atoms with E-state index in [-0.39, 0.29) is 12.1 Å². The summed E-state index contributed by atoms with van der Waals surface area (Å²) < 4.78 is 11.2. The molecule has 0 aromatic heterocycles. The Balaban J connectivity index is 1.85. The van der Waals surface area contributed by atoms with Crippen LogP contribution in [0.3, 0.4) is 0 Å². The lowest BCUT2D eigenvalue weighted by Crippen LogP contribution is -2.42. The van der Waals surface area contributed by atoms with Crippen LogP contribution in [0.25, 0.3) is 0 Å². The first kappa shape index (κ1) is 16.3. The SMILES string of the molecule is CCOCCNC(=O)N(C)C1c2ccccc2Oc2ccccc21. The van der Waals surface area contributed by atoms with Gasteiger partial charge in [0.25, 0.3) is 0 Å². The predicted molar refractivity (Wildman–Crippen MR) is 92.5 cm³/mol. The quantitative estimate of drug-likeness (QED) is 0.855. The molecule has 0 aliphatic carbocycles. The number of urea groups is 1. The van der Waals surface area contributed by atoms with Gasteiger partial charge in [-0.3, -0.25) is 0 Å². The number of nitrogens with zero attached hydrogens (tertiary/aromatic N) is 1. The number of hydrogen-bond donors (Lipinski definition) is 1. The topological polar surface area (TPSA) is 50.8 Å². The van der Waals surface area contributed by atoms with Gasteiger partial charge in [0.05, 0.1) is 12.6 Å². The number of benzene rings is 2. The van der Waals surface area contributed by atoms with E-state index < -0.39 is 0 Å². The first-order valence-corrected chi connectivity index (χ1v) is 8.16. The second-order valence-electron chi connectivity index (χ2n) is 5.62. The summed E-state index contributed by atoms with van der Waals surface area (Å²) in [6.07, 6.45) is 0. The van der Waals surface area contributed by atoms with Gasteiger partial charge in [-0.2, -0.15) is 0 Å². The van der Waals surface area contributed by atoms with Crippen LogP contribution in [0.4, 0.5) is 4.79 Å². The van der Waals surface area contributed by atoms with Crippen molar-refractivity contribution in [3.63, 3.8) is 0 Å². The molecule has 0 atom stereocenters. The molecule has 1 heterocycles. The van der Waals surface area contributed by atoms with Crippen LogP contribution in [0.1, 0.15) is 24.1 Å². The van der Waals surface area contributed by atoms with E-state index in [2.05, 4.69) is 5.32 Å². The highest BCUT2D eigenvalue weighted by molar-refractivity contribution is 5.75. The van der Waals surface area contributed by atoms with E-state index >= 15 is 0 Å². The summed E-state index contributed by atoms with van der Waals surface area (Å²) in [6, 6.07) is 15.3.